The smallest absolute Gasteiger partial charge is 0.0602 e. The van der Waals surface area contributed by atoms with E-state index in [4.69, 9.17) is 0 Å². The summed E-state index contributed by atoms with van der Waals surface area (Å²) in [5.74, 6) is 0. The van der Waals surface area contributed by atoms with Gasteiger partial charge in [-0.05, 0) is 116 Å². The Kier molecular flexibility index (Phi) is 7.46. The van der Waals surface area contributed by atoms with Gasteiger partial charge in [-0.1, -0.05) is 151 Å². The molecule has 258 valence electrons. The fraction of sp³-hybridized carbons (Fsp3) is 0. The van der Waals surface area contributed by atoms with E-state index in [9.17, 15) is 0 Å². The van der Waals surface area contributed by atoms with Crippen LogP contribution in [0, 0.1) is 0 Å². The van der Waals surface area contributed by atoms with E-state index in [0.717, 1.165) is 22.7 Å². The minimum atomic E-state index is 1.11. The summed E-state index contributed by atoms with van der Waals surface area (Å²) in [5.41, 5.74) is 9.36. The van der Waals surface area contributed by atoms with Crippen molar-refractivity contribution in [3.63, 3.8) is 0 Å². The van der Waals surface area contributed by atoms with Crippen molar-refractivity contribution in [3.8, 4) is 11.1 Å². The molecular weight excluding hydrogens is 685 g/mol. The van der Waals surface area contributed by atoms with Gasteiger partial charge in [-0.2, -0.15) is 0 Å². The number of para-hydroxylation sites is 2. The molecule has 1 heterocycles. The monoisotopic (exact) mass is 718 g/mol. The van der Waals surface area contributed by atoms with E-state index in [1.807, 2.05) is 11.8 Å². The molecule has 0 unspecified atom stereocenters. The Morgan fingerprint density at radius 1 is 0.345 bits per heavy atom. The molecule has 0 spiro atoms. The fourth-order valence-corrected chi connectivity index (χ4v) is 9.56. The zero-order valence-electron chi connectivity index (χ0n) is 29.9. The number of hydrogen-bond acceptors (Lipinski definition) is 3. The molecule has 0 aromatic heterocycles. The van der Waals surface area contributed by atoms with E-state index in [1.165, 1.54) is 75.4 Å². The van der Waals surface area contributed by atoms with E-state index in [2.05, 4.69) is 216 Å². The molecule has 11 rings (SSSR count). The zero-order chi connectivity index (χ0) is 36.3. The van der Waals surface area contributed by atoms with Gasteiger partial charge in [-0.15, -0.1) is 0 Å². The molecule has 0 N–H and O–H groups in total. The van der Waals surface area contributed by atoms with E-state index < -0.39 is 0 Å². The largest absolute Gasteiger partial charge is 0.310 e. The lowest BCUT2D eigenvalue weighted by molar-refractivity contribution is 1.17. The van der Waals surface area contributed by atoms with Crippen LogP contribution in [0.15, 0.2) is 216 Å². The number of benzene rings is 10. The summed E-state index contributed by atoms with van der Waals surface area (Å²) in [4.78, 5) is 7.31. The summed E-state index contributed by atoms with van der Waals surface area (Å²) < 4.78 is 0. The predicted octanol–water partition coefficient (Wildman–Crippen LogP) is 15.4. The molecule has 1 aliphatic heterocycles. The average molecular weight is 719 g/mol. The minimum Gasteiger partial charge on any atom is -0.310 e. The van der Waals surface area contributed by atoms with E-state index >= 15 is 0 Å². The van der Waals surface area contributed by atoms with Crippen LogP contribution in [0.5, 0.6) is 0 Å². The Morgan fingerprint density at radius 2 is 0.909 bits per heavy atom. The Hall–Kier alpha value is -6.81. The number of hydrogen-bond donors (Lipinski definition) is 0. The van der Waals surface area contributed by atoms with Crippen LogP contribution in [0.4, 0.5) is 34.1 Å². The van der Waals surface area contributed by atoms with Crippen LogP contribution in [0.3, 0.4) is 0 Å². The zero-order valence-corrected chi connectivity index (χ0v) is 30.7. The summed E-state index contributed by atoms with van der Waals surface area (Å²) in [5, 5.41) is 10.1. The Bertz CT molecular complexity index is 3040. The van der Waals surface area contributed by atoms with E-state index in [0.29, 0.717) is 0 Å². The lowest BCUT2D eigenvalue weighted by Gasteiger charge is -2.33. The summed E-state index contributed by atoms with van der Waals surface area (Å²) in [6.45, 7) is 0. The van der Waals surface area contributed by atoms with Crippen LogP contribution < -0.4 is 9.80 Å². The van der Waals surface area contributed by atoms with Crippen molar-refractivity contribution in [1.82, 2.24) is 0 Å². The maximum Gasteiger partial charge on any atom is 0.0602 e. The van der Waals surface area contributed by atoms with Gasteiger partial charge in [0.25, 0.3) is 0 Å². The van der Waals surface area contributed by atoms with Gasteiger partial charge in [0.05, 0.1) is 17.1 Å². The normalized spacial score (nSPS) is 12.3. The first-order chi connectivity index (χ1) is 27.3. The second kappa shape index (κ2) is 12.9. The molecule has 3 heteroatoms. The molecular formula is C52H34N2S. The maximum atomic E-state index is 2.42. The van der Waals surface area contributed by atoms with Crippen LogP contribution in [0.1, 0.15) is 0 Å². The lowest BCUT2D eigenvalue weighted by Crippen LogP contribution is -2.14. The molecule has 0 saturated carbocycles. The fourth-order valence-electron chi connectivity index (χ4n) is 8.46. The van der Waals surface area contributed by atoms with Gasteiger partial charge >= 0.3 is 0 Å². The molecule has 0 bridgehead atoms. The molecule has 0 saturated heterocycles. The summed E-state index contributed by atoms with van der Waals surface area (Å²) in [7, 11) is 0. The average Bonchev–Trinajstić information content (AvgIpc) is 3.26. The van der Waals surface area contributed by atoms with E-state index in [-0.39, 0.29) is 0 Å². The predicted molar refractivity (Wildman–Crippen MR) is 235 cm³/mol. The molecule has 2 nitrogen and oxygen atoms in total. The van der Waals surface area contributed by atoms with Gasteiger partial charge in [-0.3, -0.25) is 0 Å². The molecule has 10 aromatic rings. The third-order valence-corrected chi connectivity index (χ3v) is 12.1. The second-order valence-corrected chi connectivity index (χ2v) is 15.2. The highest BCUT2D eigenvalue weighted by Gasteiger charge is 2.25. The maximum absolute atomic E-state index is 2.42. The molecule has 10 aromatic carbocycles. The first-order valence-corrected chi connectivity index (χ1v) is 19.6. The van der Waals surface area contributed by atoms with Crippen LogP contribution in [-0.4, -0.2) is 0 Å². The van der Waals surface area contributed by atoms with Crippen molar-refractivity contribution in [2.75, 3.05) is 9.80 Å². The topological polar surface area (TPSA) is 6.48 Å². The lowest BCUT2D eigenvalue weighted by atomic mass is 9.94. The van der Waals surface area contributed by atoms with Gasteiger partial charge in [-0.25, -0.2) is 0 Å². The summed E-state index contributed by atoms with van der Waals surface area (Å²) >= 11 is 1.85. The molecule has 0 atom stereocenters. The quantitative estimate of drug-likeness (QED) is 0.164. The molecule has 0 fully saturated rings. The number of nitrogens with zero attached hydrogens (tertiary/aromatic N) is 2. The summed E-state index contributed by atoms with van der Waals surface area (Å²) in [6, 6.07) is 75.2. The van der Waals surface area contributed by atoms with Crippen molar-refractivity contribution < 1.29 is 0 Å². The number of rotatable bonds is 5. The van der Waals surface area contributed by atoms with Crippen molar-refractivity contribution in [3.05, 3.63) is 206 Å². The minimum absolute atomic E-state index is 1.11. The molecule has 55 heavy (non-hydrogen) atoms. The van der Waals surface area contributed by atoms with Crippen molar-refractivity contribution >= 4 is 89.0 Å². The third kappa shape index (κ3) is 5.27. The number of anilines is 6. The van der Waals surface area contributed by atoms with Crippen LogP contribution in [0.2, 0.25) is 0 Å². The number of fused-ring (bicyclic) bond motifs is 9. The van der Waals surface area contributed by atoms with Crippen LogP contribution >= 0.6 is 11.8 Å². The first kappa shape index (κ1) is 31.7. The highest BCUT2D eigenvalue weighted by molar-refractivity contribution is 7.99. The second-order valence-electron chi connectivity index (χ2n) is 14.1. The van der Waals surface area contributed by atoms with Gasteiger partial charge in [0.1, 0.15) is 0 Å². The molecule has 1 aliphatic rings. The van der Waals surface area contributed by atoms with E-state index in [1.54, 1.807) is 0 Å². The Balaban J connectivity index is 1.04. The first-order valence-electron chi connectivity index (χ1n) is 18.8. The van der Waals surface area contributed by atoms with Crippen molar-refractivity contribution in [2.24, 2.45) is 0 Å². The van der Waals surface area contributed by atoms with Gasteiger partial charge in [0, 0.05) is 32.2 Å². The van der Waals surface area contributed by atoms with Gasteiger partial charge < -0.3 is 9.80 Å². The molecule has 0 aliphatic carbocycles. The Morgan fingerprint density at radius 3 is 1.67 bits per heavy atom. The van der Waals surface area contributed by atoms with Crippen LogP contribution in [-0.2, 0) is 0 Å². The highest BCUT2D eigenvalue weighted by atomic mass is 32.2. The molecule has 0 amide bonds. The highest BCUT2D eigenvalue weighted by Crippen LogP contribution is 2.52. The summed E-state index contributed by atoms with van der Waals surface area (Å²) in [6.07, 6.45) is 0. The van der Waals surface area contributed by atoms with Gasteiger partial charge in [0.2, 0.25) is 0 Å². The van der Waals surface area contributed by atoms with Gasteiger partial charge in [0.15, 0.2) is 0 Å². The van der Waals surface area contributed by atoms with Crippen molar-refractivity contribution in [2.45, 2.75) is 9.79 Å². The van der Waals surface area contributed by atoms with Crippen LogP contribution in [0.25, 0.3) is 54.2 Å². The third-order valence-electron chi connectivity index (χ3n) is 11.0. The standard InChI is InChI=1S/C52H34N2S/c1-2-15-38(16-3-1)54-49-22-10-11-24-51(49)55-52-33-37(27-32-50(52)54)35-25-28-39(29-26-35)53(48-23-12-14-36-13-4-5-17-41(36)48)40-30-31-46-44-20-7-6-18-42(44)43-19-8-9-21-45(43)47(46)34-40/h1-34H. The Labute approximate surface area is 324 Å². The van der Waals surface area contributed by atoms with Crippen molar-refractivity contribution in [1.29, 1.82) is 0 Å². The molecule has 0 radical (unpaired) electrons. The SMILES string of the molecule is c1ccc(N2c3ccccc3Sc3cc(-c4ccc(N(c5ccc6c7ccccc7c7ccccc7c6c5)c5cccc6ccccc56)cc4)ccc32)cc1.